The molecule has 7 heteroatoms. The molecular weight excluding hydrogens is 324 g/mol. The van der Waals surface area contributed by atoms with Gasteiger partial charge < -0.3 is 24.4 Å². The molecule has 0 aliphatic carbocycles. The van der Waals surface area contributed by atoms with Crippen LogP contribution in [-0.2, 0) is 20.9 Å². The number of piperidine rings is 1. The molecule has 3 rings (SSSR count). The molecule has 0 aromatic heterocycles. The molecule has 0 saturated carbocycles. The first kappa shape index (κ1) is 17.5. The summed E-state index contributed by atoms with van der Waals surface area (Å²) in [5.74, 6) is 1.20. The molecule has 2 N–H and O–H groups in total. The van der Waals surface area contributed by atoms with Gasteiger partial charge in [-0.3, -0.25) is 9.59 Å². The number of esters is 1. The smallest absolute Gasteiger partial charge is 0.314 e. The fourth-order valence-electron chi connectivity index (χ4n) is 3.31. The van der Waals surface area contributed by atoms with Gasteiger partial charge in [-0.2, -0.15) is 0 Å². The van der Waals surface area contributed by atoms with Gasteiger partial charge in [-0.05, 0) is 37.5 Å². The van der Waals surface area contributed by atoms with E-state index in [1.807, 2.05) is 25.1 Å². The van der Waals surface area contributed by atoms with Gasteiger partial charge in [-0.15, -0.1) is 0 Å². The highest BCUT2D eigenvalue weighted by Crippen LogP contribution is 2.32. The minimum absolute atomic E-state index is 0.0165. The van der Waals surface area contributed by atoms with Crippen molar-refractivity contribution in [2.45, 2.75) is 26.3 Å². The quantitative estimate of drug-likeness (QED) is 0.701. The predicted molar refractivity (Wildman–Crippen MR) is 89.3 cm³/mol. The third-order valence-electron chi connectivity index (χ3n) is 4.58. The average molecular weight is 349 g/mol. The largest absolute Gasteiger partial charge is 0.466 e. The Morgan fingerprint density at radius 1 is 1.32 bits per heavy atom. The first-order valence-corrected chi connectivity index (χ1v) is 8.81. The lowest BCUT2D eigenvalue weighted by molar-refractivity contribution is -0.899. The van der Waals surface area contributed by atoms with Crippen molar-refractivity contribution >= 4 is 11.9 Å². The molecule has 2 aliphatic rings. The zero-order chi connectivity index (χ0) is 17.6. The second kappa shape index (κ2) is 8.20. The lowest BCUT2D eigenvalue weighted by atomic mass is 9.98. The summed E-state index contributed by atoms with van der Waals surface area (Å²) in [7, 11) is 0. The maximum Gasteiger partial charge on any atom is 0.314 e. The number of carbonyl (C=O) groups excluding carboxylic acids is 2. The van der Waals surface area contributed by atoms with Crippen LogP contribution >= 0.6 is 0 Å². The molecule has 0 bridgehead atoms. The third-order valence-corrected chi connectivity index (χ3v) is 4.58. The molecule has 1 amide bonds. The number of hydrogen-bond donors (Lipinski definition) is 2. The number of amides is 1. The maximum atomic E-state index is 12.2. The van der Waals surface area contributed by atoms with Crippen molar-refractivity contribution in [3.63, 3.8) is 0 Å². The normalized spacial score (nSPS) is 21.6. The van der Waals surface area contributed by atoms with Gasteiger partial charge >= 0.3 is 5.97 Å². The van der Waals surface area contributed by atoms with E-state index >= 15 is 0 Å². The molecule has 1 saturated heterocycles. The minimum atomic E-state index is -0.138. The fourth-order valence-corrected chi connectivity index (χ4v) is 3.31. The fraction of sp³-hybridized carbons (Fsp3) is 0.556. The van der Waals surface area contributed by atoms with E-state index in [1.165, 1.54) is 0 Å². The standard InChI is InChI=1S/C18H24N2O5/c1-2-23-18(22)14-4-3-7-20(10-14)11-17(21)19-9-13-5-6-15-16(8-13)25-12-24-15/h5-6,8,14H,2-4,7,9-12H2,1H3,(H,19,21)/p+1/t14-/m0/s1. The average Bonchev–Trinajstić information content (AvgIpc) is 3.08. The Balaban J connectivity index is 1.45. The highest BCUT2D eigenvalue weighted by Gasteiger charge is 2.30. The third kappa shape index (κ3) is 4.63. The number of benzene rings is 1. The van der Waals surface area contributed by atoms with Crippen molar-refractivity contribution in [2.75, 3.05) is 33.0 Å². The minimum Gasteiger partial charge on any atom is -0.466 e. The zero-order valence-corrected chi connectivity index (χ0v) is 14.5. The van der Waals surface area contributed by atoms with Gasteiger partial charge in [0.25, 0.3) is 5.91 Å². The Labute approximate surface area is 147 Å². The Morgan fingerprint density at radius 3 is 3.00 bits per heavy atom. The van der Waals surface area contributed by atoms with Crippen molar-refractivity contribution in [1.29, 1.82) is 0 Å². The van der Waals surface area contributed by atoms with Crippen LogP contribution in [-0.4, -0.2) is 44.9 Å². The second-order valence-electron chi connectivity index (χ2n) is 6.44. The Bertz CT molecular complexity index is 634. The first-order chi connectivity index (χ1) is 12.2. The molecule has 1 fully saturated rings. The van der Waals surface area contributed by atoms with Crippen molar-refractivity contribution in [3.8, 4) is 11.5 Å². The van der Waals surface area contributed by atoms with Gasteiger partial charge in [0, 0.05) is 6.54 Å². The van der Waals surface area contributed by atoms with E-state index in [4.69, 9.17) is 14.2 Å². The zero-order valence-electron chi connectivity index (χ0n) is 14.5. The summed E-state index contributed by atoms with van der Waals surface area (Å²) in [5, 5.41) is 2.93. The maximum absolute atomic E-state index is 12.2. The van der Waals surface area contributed by atoms with E-state index in [1.54, 1.807) is 0 Å². The van der Waals surface area contributed by atoms with E-state index in [0.717, 1.165) is 35.6 Å². The number of fused-ring (bicyclic) bond motifs is 1. The summed E-state index contributed by atoms with van der Waals surface area (Å²) in [6, 6.07) is 5.65. The Kier molecular flexibility index (Phi) is 5.75. The Hall–Kier alpha value is -2.28. The number of rotatable bonds is 6. The van der Waals surface area contributed by atoms with Crippen LogP contribution in [0.1, 0.15) is 25.3 Å². The summed E-state index contributed by atoms with van der Waals surface area (Å²) in [6.07, 6.45) is 1.79. The van der Waals surface area contributed by atoms with Crippen molar-refractivity contribution in [3.05, 3.63) is 23.8 Å². The van der Waals surface area contributed by atoms with E-state index in [0.29, 0.717) is 32.0 Å². The van der Waals surface area contributed by atoms with Gasteiger partial charge in [0.05, 0.1) is 19.7 Å². The summed E-state index contributed by atoms with van der Waals surface area (Å²) in [5.41, 5.74) is 0.968. The highest BCUT2D eigenvalue weighted by molar-refractivity contribution is 5.77. The van der Waals surface area contributed by atoms with E-state index in [9.17, 15) is 9.59 Å². The molecule has 2 heterocycles. The van der Waals surface area contributed by atoms with E-state index in [2.05, 4.69) is 5.32 Å². The van der Waals surface area contributed by atoms with Gasteiger partial charge in [0.1, 0.15) is 5.92 Å². The van der Waals surface area contributed by atoms with Crippen LogP contribution in [0.5, 0.6) is 11.5 Å². The van der Waals surface area contributed by atoms with E-state index in [-0.39, 0.29) is 24.6 Å². The Morgan fingerprint density at radius 2 is 2.16 bits per heavy atom. The molecule has 25 heavy (non-hydrogen) atoms. The molecular formula is C18H25N2O5+. The number of carbonyl (C=O) groups is 2. The molecule has 7 nitrogen and oxygen atoms in total. The first-order valence-electron chi connectivity index (χ1n) is 8.81. The molecule has 1 aromatic rings. The van der Waals surface area contributed by atoms with Crippen LogP contribution < -0.4 is 19.7 Å². The van der Waals surface area contributed by atoms with Crippen molar-refractivity contribution < 1.29 is 28.7 Å². The lowest BCUT2D eigenvalue weighted by Gasteiger charge is -2.28. The monoisotopic (exact) mass is 349 g/mol. The topological polar surface area (TPSA) is 78.3 Å². The van der Waals surface area contributed by atoms with Gasteiger partial charge in [0.2, 0.25) is 6.79 Å². The summed E-state index contributed by atoms with van der Waals surface area (Å²) < 4.78 is 15.7. The molecule has 0 spiro atoms. The van der Waals surface area contributed by atoms with Crippen LogP contribution in [0.15, 0.2) is 18.2 Å². The molecule has 2 aliphatic heterocycles. The van der Waals surface area contributed by atoms with Crippen LogP contribution in [0.3, 0.4) is 0 Å². The van der Waals surface area contributed by atoms with Crippen molar-refractivity contribution in [1.82, 2.24) is 5.32 Å². The predicted octanol–water partition coefficient (Wildman–Crippen LogP) is -0.110. The second-order valence-corrected chi connectivity index (χ2v) is 6.44. The number of hydrogen-bond acceptors (Lipinski definition) is 5. The number of quaternary nitrogens is 1. The van der Waals surface area contributed by atoms with Crippen LogP contribution in [0.25, 0.3) is 0 Å². The number of ether oxygens (including phenoxy) is 3. The van der Waals surface area contributed by atoms with E-state index < -0.39 is 0 Å². The number of nitrogens with one attached hydrogen (secondary N) is 2. The summed E-state index contributed by atoms with van der Waals surface area (Å²) in [4.78, 5) is 25.2. The molecule has 1 unspecified atom stereocenters. The lowest BCUT2D eigenvalue weighted by Crippen LogP contribution is -3.14. The number of likely N-dealkylation sites (tertiary alicyclic amines) is 1. The van der Waals surface area contributed by atoms with Crippen LogP contribution in [0.2, 0.25) is 0 Å². The van der Waals surface area contributed by atoms with Gasteiger partial charge in [-0.25, -0.2) is 0 Å². The highest BCUT2D eigenvalue weighted by atomic mass is 16.7. The molecule has 136 valence electrons. The summed E-state index contributed by atoms with van der Waals surface area (Å²) >= 11 is 0. The molecule has 0 radical (unpaired) electrons. The van der Waals surface area contributed by atoms with Crippen molar-refractivity contribution in [2.24, 2.45) is 5.92 Å². The van der Waals surface area contributed by atoms with Crippen LogP contribution in [0.4, 0.5) is 0 Å². The van der Waals surface area contributed by atoms with Gasteiger partial charge in [0.15, 0.2) is 18.0 Å². The SMILES string of the molecule is CCOC(=O)[C@H]1CCC[NH+](CC(=O)NCc2ccc3c(c2)OCO3)C1. The molecule has 1 aromatic carbocycles. The van der Waals surface area contributed by atoms with Crippen LogP contribution in [0, 0.1) is 5.92 Å². The summed E-state index contributed by atoms with van der Waals surface area (Å²) in [6.45, 7) is 4.86. The van der Waals surface area contributed by atoms with Gasteiger partial charge in [-0.1, -0.05) is 6.07 Å². The molecule has 2 atom stereocenters.